The second-order valence-corrected chi connectivity index (χ2v) is 6.24. The van der Waals surface area contributed by atoms with Crippen LogP contribution >= 0.6 is 11.8 Å². The predicted molar refractivity (Wildman–Crippen MR) is 93.1 cm³/mol. The molecule has 1 aliphatic rings. The minimum atomic E-state index is -0.556. The van der Waals surface area contributed by atoms with Gasteiger partial charge in [0, 0.05) is 37.3 Å². The molecule has 2 rings (SSSR count). The normalized spacial score (nSPS) is 16.7. The van der Waals surface area contributed by atoms with E-state index in [1.54, 1.807) is 6.07 Å². The molecule has 0 fully saturated rings. The predicted octanol–water partition coefficient (Wildman–Crippen LogP) is 2.26. The Hall–Kier alpha value is -2.42. The number of non-ortho nitro benzene ring substituents is 1. The zero-order valence-electron chi connectivity index (χ0n) is 13.4. The first kappa shape index (κ1) is 17.9. The van der Waals surface area contributed by atoms with Crippen LogP contribution < -0.4 is 5.32 Å². The maximum atomic E-state index is 12.1. The summed E-state index contributed by atoms with van der Waals surface area (Å²) in [6.07, 6.45) is -0.0273. The van der Waals surface area contributed by atoms with E-state index in [2.05, 4.69) is 10.3 Å². The van der Waals surface area contributed by atoms with Gasteiger partial charge in [-0.25, -0.2) is 0 Å². The van der Waals surface area contributed by atoms with E-state index in [1.807, 2.05) is 18.7 Å². The van der Waals surface area contributed by atoms with Crippen molar-refractivity contribution < 1.29 is 14.5 Å². The van der Waals surface area contributed by atoms with Crippen LogP contribution in [0.3, 0.4) is 0 Å². The Balaban J connectivity index is 1.95. The molecule has 0 spiro atoms. The molecule has 1 aromatic carbocycles. The van der Waals surface area contributed by atoms with Crippen LogP contribution in [0.4, 0.5) is 11.4 Å². The fraction of sp³-hybridized carbons (Fsp3) is 0.400. The van der Waals surface area contributed by atoms with E-state index in [4.69, 9.17) is 0 Å². The Labute approximate surface area is 143 Å². The summed E-state index contributed by atoms with van der Waals surface area (Å²) < 4.78 is 0. The van der Waals surface area contributed by atoms with Crippen molar-refractivity contribution in [2.24, 2.45) is 4.99 Å². The van der Waals surface area contributed by atoms with Gasteiger partial charge in [0.05, 0.1) is 4.92 Å². The second-order valence-electron chi connectivity index (χ2n) is 5.07. The van der Waals surface area contributed by atoms with Gasteiger partial charge in [0.2, 0.25) is 5.91 Å². The Bertz CT molecular complexity index is 688. The summed E-state index contributed by atoms with van der Waals surface area (Å²) in [6, 6.07) is 5.67. The lowest BCUT2D eigenvalue weighted by Gasteiger charge is -2.19. The second kappa shape index (κ2) is 7.91. The molecule has 1 atom stereocenters. The van der Waals surface area contributed by atoms with Crippen LogP contribution in [0.25, 0.3) is 0 Å². The molecule has 2 amide bonds. The smallest absolute Gasteiger partial charge is 0.271 e. The molecule has 0 bridgehead atoms. The van der Waals surface area contributed by atoms with E-state index in [0.29, 0.717) is 10.9 Å². The molecule has 0 unspecified atom stereocenters. The number of carbonyl (C=O) groups is 2. The fourth-order valence-electron chi connectivity index (χ4n) is 2.22. The quantitative estimate of drug-likeness (QED) is 0.623. The van der Waals surface area contributed by atoms with Gasteiger partial charge < -0.3 is 10.2 Å². The number of rotatable bonds is 6. The van der Waals surface area contributed by atoms with Crippen LogP contribution in [-0.2, 0) is 9.59 Å². The summed E-state index contributed by atoms with van der Waals surface area (Å²) in [6.45, 7) is 5.42. The first-order chi connectivity index (χ1) is 11.4. The van der Waals surface area contributed by atoms with E-state index in [9.17, 15) is 19.7 Å². The van der Waals surface area contributed by atoms with E-state index in [1.165, 1.54) is 30.0 Å². The minimum Gasteiger partial charge on any atom is -0.352 e. The zero-order valence-corrected chi connectivity index (χ0v) is 14.2. The molecule has 8 nitrogen and oxygen atoms in total. The number of nitrogens with one attached hydrogen (secondary N) is 1. The number of hydrogen-bond donors (Lipinski definition) is 1. The molecule has 9 heteroatoms. The Kier molecular flexibility index (Phi) is 5.91. The number of amidine groups is 1. The third-order valence-corrected chi connectivity index (χ3v) is 4.69. The fourth-order valence-corrected chi connectivity index (χ4v) is 3.41. The van der Waals surface area contributed by atoms with Crippen molar-refractivity contribution in [2.45, 2.75) is 25.5 Å². The molecule has 0 radical (unpaired) electrons. The minimum absolute atomic E-state index is 0.0273. The van der Waals surface area contributed by atoms with Gasteiger partial charge in [-0.05, 0) is 19.9 Å². The number of aliphatic imine (C=N–C) groups is 1. The van der Waals surface area contributed by atoms with Crippen LogP contribution in [0, 0.1) is 10.1 Å². The number of thioether (sulfide) groups is 1. The van der Waals surface area contributed by atoms with Gasteiger partial charge in [-0.3, -0.25) is 19.7 Å². The van der Waals surface area contributed by atoms with E-state index in [0.717, 1.165) is 13.1 Å². The molecular weight excluding hydrogens is 332 g/mol. The molecule has 1 aromatic rings. The number of carbonyl (C=O) groups excluding carboxylic acids is 2. The summed E-state index contributed by atoms with van der Waals surface area (Å²) >= 11 is 1.28. The first-order valence-corrected chi connectivity index (χ1v) is 8.41. The van der Waals surface area contributed by atoms with Crippen LogP contribution in [-0.4, -0.2) is 45.1 Å². The van der Waals surface area contributed by atoms with Crippen molar-refractivity contribution in [3.63, 3.8) is 0 Å². The highest BCUT2D eigenvalue weighted by molar-refractivity contribution is 8.15. The number of anilines is 1. The van der Waals surface area contributed by atoms with Gasteiger partial charge in [-0.15, -0.1) is 0 Å². The average Bonchev–Trinajstić information content (AvgIpc) is 2.89. The average molecular weight is 350 g/mol. The lowest BCUT2D eigenvalue weighted by atomic mass is 10.2. The molecule has 24 heavy (non-hydrogen) atoms. The molecule has 0 aliphatic carbocycles. The molecule has 1 aliphatic heterocycles. The SMILES string of the molecule is CCN(CC)C1=NC(=O)[C@@H](CC(=O)Nc2cccc([N+](=O)[O-])c2)S1. The summed E-state index contributed by atoms with van der Waals surface area (Å²) in [5.41, 5.74) is 0.223. The van der Waals surface area contributed by atoms with Crippen molar-refractivity contribution in [3.05, 3.63) is 34.4 Å². The van der Waals surface area contributed by atoms with Gasteiger partial charge in [0.1, 0.15) is 5.25 Å². The van der Waals surface area contributed by atoms with Crippen LogP contribution in [0.15, 0.2) is 29.3 Å². The van der Waals surface area contributed by atoms with Gasteiger partial charge >= 0.3 is 0 Å². The number of hydrogen-bond acceptors (Lipinski definition) is 6. The highest BCUT2D eigenvalue weighted by Crippen LogP contribution is 2.27. The standard InChI is InChI=1S/C15H18N4O4S/c1-3-18(4-2)15-17-14(21)12(24-15)9-13(20)16-10-6-5-7-11(8-10)19(22)23/h5-8,12H,3-4,9H2,1-2H3,(H,16,20)/t12-/m1/s1. The van der Waals surface area contributed by atoms with Gasteiger partial charge in [-0.2, -0.15) is 4.99 Å². The van der Waals surface area contributed by atoms with Crippen LogP contribution in [0.1, 0.15) is 20.3 Å². The number of nitro groups is 1. The molecule has 128 valence electrons. The van der Waals surface area contributed by atoms with Crippen molar-refractivity contribution in [1.82, 2.24) is 4.90 Å². The van der Waals surface area contributed by atoms with E-state index >= 15 is 0 Å². The lowest BCUT2D eigenvalue weighted by molar-refractivity contribution is -0.384. The maximum Gasteiger partial charge on any atom is 0.271 e. The summed E-state index contributed by atoms with van der Waals surface area (Å²) in [4.78, 5) is 40.2. The van der Waals surface area contributed by atoms with Crippen molar-refractivity contribution in [1.29, 1.82) is 0 Å². The summed E-state index contributed by atoms with van der Waals surface area (Å²) in [7, 11) is 0. The van der Waals surface area contributed by atoms with Gasteiger partial charge in [-0.1, -0.05) is 17.8 Å². The summed E-state index contributed by atoms with van der Waals surface area (Å²) in [5, 5.41) is 13.4. The van der Waals surface area contributed by atoms with Crippen LogP contribution in [0.2, 0.25) is 0 Å². The van der Waals surface area contributed by atoms with Crippen molar-refractivity contribution >= 4 is 40.1 Å². The number of benzene rings is 1. The molecule has 0 aromatic heterocycles. The number of nitrogens with zero attached hydrogens (tertiary/aromatic N) is 3. The highest BCUT2D eigenvalue weighted by atomic mass is 32.2. The zero-order chi connectivity index (χ0) is 17.7. The van der Waals surface area contributed by atoms with E-state index < -0.39 is 10.2 Å². The van der Waals surface area contributed by atoms with Crippen molar-refractivity contribution in [3.8, 4) is 0 Å². The molecule has 1 N–H and O–H groups in total. The lowest BCUT2D eigenvalue weighted by Crippen LogP contribution is -2.27. The van der Waals surface area contributed by atoms with Gasteiger partial charge in [0.15, 0.2) is 5.17 Å². The number of nitro benzene ring substituents is 1. The summed E-state index contributed by atoms with van der Waals surface area (Å²) in [5.74, 6) is -0.701. The van der Waals surface area contributed by atoms with Crippen molar-refractivity contribution in [2.75, 3.05) is 18.4 Å². The van der Waals surface area contributed by atoms with E-state index in [-0.39, 0.29) is 23.9 Å². The monoisotopic (exact) mass is 350 g/mol. The first-order valence-electron chi connectivity index (χ1n) is 7.53. The highest BCUT2D eigenvalue weighted by Gasteiger charge is 2.32. The Morgan fingerprint density at radius 3 is 2.75 bits per heavy atom. The molecular formula is C15H18N4O4S. The third kappa shape index (κ3) is 4.31. The Morgan fingerprint density at radius 1 is 1.42 bits per heavy atom. The largest absolute Gasteiger partial charge is 0.352 e. The molecule has 0 saturated heterocycles. The topological polar surface area (TPSA) is 105 Å². The van der Waals surface area contributed by atoms with Gasteiger partial charge in [0.25, 0.3) is 11.6 Å². The molecule has 1 heterocycles. The third-order valence-electron chi connectivity index (χ3n) is 3.47. The van der Waals surface area contributed by atoms with Crippen LogP contribution in [0.5, 0.6) is 0 Å². The molecule has 0 saturated carbocycles. The Morgan fingerprint density at radius 2 is 2.12 bits per heavy atom. The maximum absolute atomic E-state index is 12.1. The number of amides is 2.